The van der Waals surface area contributed by atoms with E-state index in [-0.39, 0.29) is 42.4 Å². The van der Waals surface area contributed by atoms with Crippen LogP contribution in [0.1, 0.15) is 71.1 Å². The number of carbonyl (C=O) groups is 1. The second kappa shape index (κ2) is 7.85. The number of nitrogens with zero attached hydrogens (tertiary/aromatic N) is 1. The number of cyclic esters (lactones) is 1. The van der Waals surface area contributed by atoms with Crippen LogP contribution < -0.4 is 0 Å². The summed E-state index contributed by atoms with van der Waals surface area (Å²) in [5.41, 5.74) is 0. The zero-order valence-corrected chi connectivity index (χ0v) is 19.3. The van der Waals surface area contributed by atoms with Crippen molar-refractivity contribution in [2.75, 3.05) is 13.2 Å². The van der Waals surface area contributed by atoms with Gasteiger partial charge in [0.2, 0.25) is 0 Å². The second-order valence-corrected chi connectivity index (χ2v) is 11.0. The van der Waals surface area contributed by atoms with Crippen molar-refractivity contribution in [2.24, 2.45) is 5.92 Å². The van der Waals surface area contributed by atoms with Crippen LogP contribution in [0, 0.1) is 5.92 Å². The number of ether oxygens (including phenoxy) is 6. The largest absolute Gasteiger partial charge is 0.464 e. The summed E-state index contributed by atoms with van der Waals surface area (Å²) in [6, 6.07) is -0.471. The standard InChI is InChI=1S/C24H35NO8/c1-14-15-12-27-22(26)17(15)25(33-14)21-20-19(31-24(32-20)10-6-3-7-11-24)18(29-21)16-13-28-23(30-16)8-4-2-5-9-23/h14-21H,2-13H2,1H3/t14-,15+,16-,17-,18-,19+,20+,21+/m0/s1. The molecule has 0 radical (unpaired) electrons. The van der Waals surface area contributed by atoms with E-state index in [2.05, 4.69) is 0 Å². The van der Waals surface area contributed by atoms with Gasteiger partial charge in [0.25, 0.3) is 0 Å². The monoisotopic (exact) mass is 465 g/mol. The summed E-state index contributed by atoms with van der Waals surface area (Å²) in [6.45, 7) is 2.86. The highest BCUT2D eigenvalue weighted by Gasteiger charge is 2.66. The van der Waals surface area contributed by atoms with Crippen molar-refractivity contribution in [1.29, 1.82) is 0 Å². The minimum Gasteiger partial charge on any atom is -0.464 e. The molecule has 0 N–H and O–H groups in total. The van der Waals surface area contributed by atoms with Gasteiger partial charge < -0.3 is 28.4 Å². The first-order valence-electron chi connectivity index (χ1n) is 13.0. The maximum Gasteiger partial charge on any atom is 0.326 e. The van der Waals surface area contributed by atoms with E-state index < -0.39 is 23.8 Å². The van der Waals surface area contributed by atoms with Crippen LogP contribution >= 0.6 is 0 Å². The maximum atomic E-state index is 12.6. The molecule has 0 bridgehead atoms. The Hall–Kier alpha value is -0.810. The molecule has 33 heavy (non-hydrogen) atoms. The smallest absolute Gasteiger partial charge is 0.326 e. The van der Waals surface area contributed by atoms with E-state index in [0.29, 0.717) is 13.2 Å². The van der Waals surface area contributed by atoms with Crippen LogP contribution in [-0.2, 0) is 38.1 Å². The van der Waals surface area contributed by atoms with E-state index >= 15 is 0 Å². The first kappa shape index (κ1) is 21.5. The molecule has 0 unspecified atom stereocenters. The fourth-order valence-corrected chi connectivity index (χ4v) is 7.14. The Balaban J connectivity index is 1.17. The van der Waals surface area contributed by atoms with Crippen LogP contribution in [0.25, 0.3) is 0 Å². The molecule has 5 heterocycles. The van der Waals surface area contributed by atoms with E-state index in [9.17, 15) is 4.79 Å². The number of hydrogen-bond donors (Lipinski definition) is 0. The molecule has 2 spiro atoms. The Morgan fingerprint density at radius 3 is 2.27 bits per heavy atom. The fourth-order valence-electron chi connectivity index (χ4n) is 7.14. The van der Waals surface area contributed by atoms with E-state index in [1.165, 1.54) is 12.8 Å². The van der Waals surface area contributed by atoms with Gasteiger partial charge in [-0.1, -0.05) is 12.8 Å². The van der Waals surface area contributed by atoms with Gasteiger partial charge in [-0.2, -0.15) is 0 Å². The molecular formula is C24H35NO8. The second-order valence-electron chi connectivity index (χ2n) is 11.0. The van der Waals surface area contributed by atoms with Gasteiger partial charge in [0.1, 0.15) is 30.5 Å². The van der Waals surface area contributed by atoms with Crippen molar-refractivity contribution in [3.8, 4) is 0 Å². The van der Waals surface area contributed by atoms with Crippen LogP contribution in [0.5, 0.6) is 0 Å². The summed E-state index contributed by atoms with van der Waals surface area (Å²) in [4.78, 5) is 18.8. The van der Waals surface area contributed by atoms with E-state index in [0.717, 1.165) is 51.4 Å². The topological polar surface area (TPSA) is 84.9 Å². The van der Waals surface area contributed by atoms with Crippen molar-refractivity contribution in [1.82, 2.24) is 5.06 Å². The molecule has 2 saturated carbocycles. The minimum absolute atomic E-state index is 0.00105. The predicted octanol–water partition coefficient (Wildman–Crippen LogP) is 2.41. The molecule has 0 aromatic carbocycles. The van der Waals surface area contributed by atoms with Gasteiger partial charge in [-0.25, -0.2) is 0 Å². The van der Waals surface area contributed by atoms with Gasteiger partial charge in [0.15, 0.2) is 17.8 Å². The number of carbonyl (C=O) groups excluding carboxylic acids is 1. The van der Waals surface area contributed by atoms with E-state index in [1.807, 2.05) is 6.92 Å². The molecule has 5 aliphatic heterocycles. The number of fused-ring (bicyclic) bond motifs is 2. The van der Waals surface area contributed by atoms with Gasteiger partial charge in [0.05, 0.1) is 19.3 Å². The Labute approximate surface area is 194 Å². The molecule has 7 aliphatic rings. The molecule has 0 aromatic heterocycles. The summed E-state index contributed by atoms with van der Waals surface area (Å²) in [6.07, 6.45) is 8.64. The highest BCUT2D eigenvalue weighted by atomic mass is 16.8. The lowest BCUT2D eigenvalue weighted by molar-refractivity contribution is -0.298. The summed E-state index contributed by atoms with van der Waals surface area (Å²) >= 11 is 0. The molecule has 7 fully saturated rings. The molecule has 184 valence electrons. The Bertz CT molecular complexity index is 780. The average Bonchev–Trinajstić information content (AvgIpc) is 3.60. The molecule has 9 heteroatoms. The highest BCUT2D eigenvalue weighted by Crippen LogP contribution is 2.50. The SMILES string of the molecule is C[C@@H]1ON([C@@H]2O[C@@H]([C@@H]3COC4(CCCCC4)O3)[C@H]3OC4(CCCCC4)O[C@H]32)[C@@H]2C(=O)OC[C@H]12. The quantitative estimate of drug-likeness (QED) is 0.571. The first-order valence-corrected chi connectivity index (χ1v) is 13.0. The van der Waals surface area contributed by atoms with Crippen molar-refractivity contribution in [3.63, 3.8) is 0 Å². The average molecular weight is 466 g/mol. The van der Waals surface area contributed by atoms with E-state index in [4.69, 9.17) is 33.3 Å². The lowest BCUT2D eigenvalue weighted by atomic mass is 9.94. The molecule has 2 aliphatic carbocycles. The highest BCUT2D eigenvalue weighted by molar-refractivity contribution is 5.78. The Morgan fingerprint density at radius 2 is 1.52 bits per heavy atom. The number of rotatable bonds is 2. The Kier molecular flexibility index (Phi) is 5.11. The minimum atomic E-state index is -0.573. The number of hydroxylamine groups is 2. The summed E-state index contributed by atoms with van der Waals surface area (Å²) in [7, 11) is 0. The molecule has 7 rings (SSSR count). The molecule has 5 saturated heterocycles. The first-order chi connectivity index (χ1) is 16.1. The lowest BCUT2D eigenvalue weighted by Crippen LogP contribution is -2.49. The number of hydrogen-bond acceptors (Lipinski definition) is 9. The molecule has 9 nitrogen and oxygen atoms in total. The van der Waals surface area contributed by atoms with Gasteiger partial charge in [-0.15, -0.1) is 5.06 Å². The molecule has 8 atom stereocenters. The van der Waals surface area contributed by atoms with E-state index in [1.54, 1.807) is 5.06 Å². The summed E-state index contributed by atoms with van der Waals surface area (Å²) < 4.78 is 38.1. The van der Waals surface area contributed by atoms with Crippen LogP contribution in [0.15, 0.2) is 0 Å². The maximum absolute atomic E-state index is 12.6. The predicted molar refractivity (Wildman–Crippen MR) is 111 cm³/mol. The zero-order valence-electron chi connectivity index (χ0n) is 19.3. The van der Waals surface area contributed by atoms with Gasteiger partial charge in [0, 0.05) is 31.6 Å². The normalized spacial score (nSPS) is 48.5. The molecular weight excluding hydrogens is 430 g/mol. The van der Waals surface area contributed by atoms with Crippen molar-refractivity contribution in [3.05, 3.63) is 0 Å². The van der Waals surface area contributed by atoms with Gasteiger partial charge in [-0.05, 0) is 32.6 Å². The molecule has 0 amide bonds. The van der Waals surface area contributed by atoms with Crippen molar-refractivity contribution >= 4 is 5.97 Å². The van der Waals surface area contributed by atoms with Crippen LogP contribution in [0.2, 0.25) is 0 Å². The molecule has 0 aromatic rings. The fraction of sp³-hybridized carbons (Fsp3) is 0.958. The third-order valence-electron chi connectivity index (χ3n) is 8.88. The van der Waals surface area contributed by atoms with Crippen LogP contribution in [0.4, 0.5) is 0 Å². The Morgan fingerprint density at radius 1 is 0.818 bits per heavy atom. The van der Waals surface area contributed by atoms with Gasteiger partial charge in [-0.3, -0.25) is 9.63 Å². The number of esters is 1. The summed E-state index contributed by atoms with van der Waals surface area (Å²) in [5.74, 6) is -1.31. The lowest BCUT2D eigenvalue weighted by Gasteiger charge is -2.36. The summed E-state index contributed by atoms with van der Waals surface area (Å²) in [5, 5.41) is 1.71. The zero-order chi connectivity index (χ0) is 22.2. The van der Waals surface area contributed by atoms with Gasteiger partial charge >= 0.3 is 5.97 Å². The van der Waals surface area contributed by atoms with Crippen molar-refractivity contribution < 1.29 is 38.1 Å². The van der Waals surface area contributed by atoms with Crippen LogP contribution in [-0.4, -0.2) is 78.6 Å². The third-order valence-corrected chi connectivity index (χ3v) is 8.88. The van der Waals surface area contributed by atoms with Crippen molar-refractivity contribution in [2.45, 2.75) is 125 Å². The third kappa shape index (κ3) is 3.34. The van der Waals surface area contributed by atoms with Crippen LogP contribution in [0.3, 0.4) is 0 Å².